The van der Waals surface area contributed by atoms with E-state index in [0.29, 0.717) is 18.7 Å². The monoisotopic (exact) mass is 408 g/mol. The van der Waals surface area contributed by atoms with Crippen LogP contribution in [0.4, 0.5) is 4.39 Å². The van der Waals surface area contributed by atoms with E-state index in [2.05, 4.69) is 22.7 Å². The van der Waals surface area contributed by atoms with E-state index in [1.54, 1.807) is 24.3 Å². The fourth-order valence-corrected chi connectivity index (χ4v) is 3.83. The molecule has 4 nitrogen and oxygen atoms in total. The van der Waals surface area contributed by atoms with Gasteiger partial charge >= 0.3 is 0 Å². The number of hydrogen-bond donors (Lipinski definition) is 1. The third-order valence-electron chi connectivity index (χ3n) is 5.11. The molecular formula is C20H22ClFN2O2S. The summed E-state index contributed by atoms with van der Waals surface area (Å²) in [4.78, 5) is 15.1. The number of hydrogen-bond acceptors (Lipinski definition) is 5. The zero-order valence-corrected chi connectivity index (χ0v) is 16.5. The molecule has 1 aromatic carbocycles. The van der Waals surface area contributed by atoms with E-state index in [9.17, 15) is 9.18 Å². The van der Waals surface area contributed by atoms with Crippen molar-refractivity contribution >= 4 is 36.9 Å². The molecule has 1 saturated heterocycles. The van der Waals surface area contributed by atoms with E-state index < -0.39 is 6.04 Å². The number of benzene rings is 1. The fraction of sp³-hybridized carbons (Fsp3) is 0.400. The van der Waals surface area contributed by atoms with Gasteiger partial charge in [-0.15, -0.1) is 12.4 Å². The molecule has 2 aliphatic rings. The minimum Gasteiger partial charge on any atom is -0.364 e. The molecule has 0 spiro atoms. The van der Waals surface area contributed by atoms with Gasteiger partial charge in [0.15, 0.2) is 5.78 Å². The highest BCUT2D eigenvalue weighted by atomic mass is 35.5. The molecule has 1 aliphatic heterocycles. The number of aromatic nitrogens is 1. The molecule has 1 aromatic heterocycles. The third kappa shape index (κ3) is 4.45. The SMILES string of the molecule is Cl.O=C(C1CC1)C(c1ccccc1F)N1CCC(S)C(=Cc2ccon2)C1. The van der Waals surface area contributed by atoms with Gasteiger partial charge in [-0.05, 0) is 37.0 Å². The van der Waals surface area contributed by atoms with Crippen LogP contribution < -0.4 is 0 Å². The van der Waals surface area contributed by atoms with Gasteiger partial charge in [0.05, 0.1) is 6.04 Å². The lowest BCUT2D eigenvalue weighted by molar-refractivity contribution is -0.126. The second kappa shape index (κ2) is 8.59. The first kappa shape index (κ1) is 20.1. The third-order valence-corrected chi connectivity index (χ3v) is 5.70. The molecule has 1 saturated carbocycles. The highest BCUT2D eigenvalue weighted by Crippen LogP contribution is 2.39. The van der Waals surface area contributed by atoms with Crippen LogP contribution in [0.3, 0.4) is 0 Å². The van der Waals surface area contributed by atoms with Crippen molar-refractivity contribution in [3.8, 4) is 0 Å². The Hall–Kier alpha value is -1.63. The Morgan fingerprint density at radius 2 is 2.07 bits per heavy atom. The Bertz CT molecular complexity index is 823. The lowest BCUT2D eigenvalue weighted by Crippen LogP contribution is -2.42. The summed E-state index contributed by atoms with van der Waals surface area (Å²) in [5.74, 6) is -0.119. The van der Waals surface area contributed by atoms with Gasteiger partial charge in [0.1, 0.15) is 17.8 Å². The number of Topliss-reactive ketones (excluding diaryl/α,β-unsaturated/α-hetero) is 1. The van der Waals surface area contributed by atoms with Crippen molar-refractivity contribution in [2.45, 2.75) is 30.6 Å². The first-order chi connectivity index (χ1) is 12.6. The average molecular weight is 409 g/mol. The molecule has 2 aromatic rings. The van der Waals surface area contributed by atoms with Crippen molar-refractivity contribution in [2.24, 2.45) is 5.92 Å². The summed E-state index contributed by atoms with van der Waals surface area (Å²) >= 11 is 4.68. The highest BCUT2D eigenvalue weighted by molar-refractivity contribution is 7.81. The predicted molar refractivity (Wildman–Crippen MR) is 108 cm³/mol. The van der Waals surface area contributed by atoms with E-state index in [1.165, 1.54) is 12.3 Å². The topological polar surface area (TPSA) is 46.3 Å². The summed E-state index contributed by atoms with van der Waals surface area (Å²) in [6, 6.07) is 7.87. The van der Waals surface area contributed by atoms with Crippen LogP contribution in [0.1, 0.15) is 36.6 Å². The predicted octanol–water partition coefficient (Wildman–Crippen LogP) is 4.34. The summed E-state index contributed by atoms with van der Waals surface area (Å²) in [6.07, 6.45) is 6.10. The van der Waals surface area contributed by atoms with Crippen molar-refractivity contribution < 1.29 is 13.7 Å². The number of likely N-dealkylation sites (tertiary alicyclic amines) is 1. The largest absolute Gasteiger partial charge is 0.364 e. The van der Waals surface area contributed by atoms with Crippen LogP contribution in [0.25, 0.3) is 6.08 Å². The standard InChI is InChI=1S/C20H21FN2O2S.ClH/c21-17-4-2-1-3-16(17)19(20(24)13-5-6-13)23-9-7-18(26)14(12-23)11-15-8-10-25-22-15;/h1-4,8,10-11,13,18-19,26H,5-7,9,12H2;1H. The quantitative estimate of drug-likeness (QED) is 0.747. The number of nitrogens with zero attached hydrogens (tertiary/aromatic N) is 2. The van der Waals surface area contributed by atoms with Gasteiger partial charge in [0, 0.05) is 35.9 Å². The molecule has 2 heterocycles. The number of ketones is 1. The maximum Gasteiger partial charge on any atom is 0.157 e. The smallest absolute Gasteiger partial charge is 0.157 e. The molecule has 7 heteroatoms. The molecule has 27 heavy (non-hydrogen) atoms. The Labute approximate surface area is 169 Å². The van der Waals surface area contributed by atoms with Crippen LogP contribution in [0, 0.1) is 11.7 Å². The Morgan fingerprint density at radius 1 is 1.30 bits per heavy atom. The van der Waals surface area contributed by atoms with Gasteiger partial charge in [-0.3, -0.25) is 9.69 Å². The lowest BCUT2D eigenvalue weighted by atomic mass is 9.93. The molecule has 0 amide bonds. The number of carbonyl (C=O) groups is 1. The van der Waals surface area contributed by atoms with E-state index >= 15 is 0 Å². The highest BCUT2D eigenvalue weighted by Gasteiger charge is 2.40. The molecule has 4 rings (SSSR count). The van der Waals surface area contributed by atoms with Crippen LogP contribution in [-0.2, 0) is 4.79 Å². The summed E-state index contributed by atoms with van der Waals surface area (Å²) in [5.41, 5.74) is 2.28. The van der Waals surface area contributed by atoms with E-state index in [4.69, 9.17) is 4.52 Å². The molecule has 0 N–H and O–H groups in total. The van der Waals surface area contributed by atoms with Gasteiger partial charge < -0.3 is 4.52 Å². The van der Waals surface area contributed by atoms with Crippen LogP contribution in [0.15, 0.2) is 46.7 Å². The van der Waals surface area contributed by atoms with Crippen molar-refractivity contribution in [2.75, 3.05) is 13.1 Å². The Balaban J connectivity index is 0.00000210. The normalized spacial score (nSPS) is 23.0. The maximum absolute atomic E-state index is 14.5. The molecule has 0 radical (unpaired) electrons. The van der Waals surface area contributed by atoms with Crippen molar-refractivity contribution in [1.29, 1.82) is 0 Å². The number of rotatable bonds is 5. The van der Waals surface area contributed by atoms with Crippen molar-refractivity contribution in [3.05, 3.63) is 59.2 Å². The first-order valence-corrected chi connectivity index (χ1v) is 9.46. The second-order valence-electron chi connectivity index (χ2n) is 7.02. The Kier molecular flexibility index (Phi) is 6.40. The van der Waals surface area contributed by atoms with Crippen LogP contribution in [0.2, 0.25) is 0 Å². The van der Waals surface area contributed by atoms with Crippen LogP contribution in [-0.4, -0.2) is 34.2 Å². The average Bonchev–Trinajstić information content (AvgIpc) is 3.37. The number of halogens is 2. The number of carbonyl (C=O) groups excluding carboxylic acids is 1. The molecular weight excluding hydrogens is 387 g/mol. The van der Waals surface area contributed by atoms with Gasteiger partial charge in [-0.25, -0.2) is 4.39 Å². The fourth-order valence-electron chi connectivity index (χ4n) is 3.56. The first-order valence-electron chi connectivity index (χ1n) is 8.94. The molecule has 2 unspecified atom stereocenters. The van der Waals surface area contributed by atoms with Gasteiger partial charge in [0.25, 0.3) is 0 Å². The van der Waals surface area contributed by atoms with Crippen molar-refractivity contribution in [1.82, 2.24) is 10.1 Å². The van der Waals surface area contributed by atoms with E-state index in [1.807, 2.05) is 6.08 Å². The summed E-state index contributed by atoms with van der Waals surface area (Å²) < 4.78 is 19.4. The van der Waals surface area contributed by atoms with Crippen LogP contribution in [0.5, 0.6) is 0 Å². The summed E-state index contributed by atoms with van der Waals surface area (Å²) in [6.45, 7) is 1.28. The van der Waals surface area contributed by atoms with Gasteiger partial charge in [-0.1, -0.05) is 23.4 Å². The van der Waals surface area contributed by atoms with E-state index in [-0.39, 0.29) is 35.2 Å². The minimum absolute atomic E-state index is 0. The summed E-state index contributed by atoms with van der Waals surface area (Å²) in [5, 5.41) is 4.03. The zero-order valence-electron chi connectivity index (χ0n) is 14.8. The zero-order chi connectivity index (χ0) is 18.1. The molecule has 1 aliphatic carbocycles. The second-order valence-corrected chi connectivity index (χ2v) is 7.64. The molecule has 2 fully saturated rings. The molecule has 0 bridgehead atoms. The Morgan fingerprint density at radius 3 is 2.74 bits per heavy atom. The van der Waals surface area contributed by atoms with Gasteiger partial charge in [-0.2, -0.15) is 12.6 Å². The lowest BCUT2D eigenvalue weighted by Gasteiger charge is -2.37. The molecule has 2 atom stereocenters. The van der Waals surface area contributed by atoms with Crippen molar-refractivity contribution in [3.63, 3.8) is 0 Å². The van der Waals surface area contributed by atoms with Gasteiger partial charge in [0.2, 0.25) is 0 Å². The van der Waals surface area contributed by atoms with E-state index in [0.717, 1.165) is 30.5 Å². The van der Waals surface area contributed by atoms with Crippen LogP contribution >= 0.6 is 25.0 Å². The minimum atomic E-state index is -0.537. The maximum atomic E-state index is 14.5. The number of thiol groups is 1. The molecule has 144 valence electrons. The summed E-state index contributed by atoms with van der Waals surface area (Å²) in [7, 11) is 0. The number of piperidine rings is 1.